The van der Waals surface area contributed by atoms with Crippen molar-refractivity contribution in [3.63, 3.8) is 0 Å². The summed E-state index contributed by atoms with van der Waals surface area (Å²) in [5.41, 5.74) is 0.182. The number of fused-ring (bicyclic) bond motifs is 2. The molecule has 30 heavy (non-hydrogen) atoms. The Labute approximate surface area is 182 Å². The van der Waals surface area contributed by atoms with Gasteiger partial charge >= 0.3 is 37.4 Å². The van der Waals surface area contributed by atoms with E-state index in [9.17, 15) is 19.8 Å². The van der Waals surface area contributed by atoms with Crippen LogP contribution in [0.5, 0.6) is 11.5 Å². The molecule has 0 amide bonds. The Morgan fingerprint density at radius 3 is 1.40 bits per heavy atom. The molecular weight excluding hydrogens is 427 g/mol. The Kier molecular flexibility index (Phi) is 7.95. The van der Waals surface area contributed by atoms with Crippen LogP contribution >= 0.6 is 10.0 Å². The van der Waals surface area contributed by atoms with Crippen LogP contribution in [0.4, 0.5) is 0 Å². The summed E-state index contributed by atoms with van der Waals surface area (Å²) in [4.78, 5) is 28.7. The van der Waals surface area contributed by atoms with Crippen LogP contribution in [0.1, 0.15) is 21.0 Å². The van der Waals surface area contributed by atoms with Crippen LogP contribution in [0.15, 0.2) is 60.7 Å². The standard InChI is InChI=1S/2C10H7NO3.Al.ClH/c2*12-8-3-1-2-6-4-5-7(10(13)14)11-9(6)8;;/h2*1-5,12H,(H,13,14);;1H/q;;+3;/p-3. The molecule has 2 N–H and O–H groups in total. The summed E-state index contributed by atoms with van der Waals surface area (Å²) in [6, 6.07) is 15.3. The number of carboxylic acids is 2. The van der Waals surface area contributed by atoms with Gasteiger partial charge in [-0.2, -0.15) is 0 Å². The number of hydrogen-bond donors (Lipinski definition) is 2. The minimum atomic E-state index is -1.13. The number of carboxylic acid groups (broad SMARTS) is 2. The maximum atomic E-state index is 11.3. The monoisotopic (exact) mass is 438 g/mol. The van der Waals surface area contributed by atoms with Crippen molar-refractivity contribution in [2.24, 2.45) is 0 Å². The maximum absolute atomic E-state index is 11.3. The van der Waals surface area contributed by atoms with E-state index in [1.807, 2.05) is 15.4 Å². The van der Waals surface area contributed by atoms with E-state index >= 15 is 0 Å². The van der Waals surface area contributed by atoms with Gasteiger partial charge in [-0.1, -0.05) is 60.0 Å². The molecule has 0 aliphatic heterocycles. The zero-order chi connectivity index (χ0) is 22.3. The van der Waals surface area contributed by atoms with Crippen LogP contribution in [-0.4, -0.2) is 47.5 Å². The molecule has 148 valence electrons. The van der Waals surface area contributed by atoms with Gasteiger partial charge in [0, 0.05) is 0 Å². The molecular formula is C20H12AlClN2O6. The molecule has 0 unspecified atom stereocenters. The fourth-order valence-corrected chi connectivity index (χ4v) is 2.48. The van der Waals surface area contributed by atoms with Crippen molar-refractivity contribution < 1.29 is 30.0 Å². The van der Waals surface area contributed by atoms with E-state index < -0.39 is 11.9 Å². The van der Waals surface area contributed by atoms with E-state index in [1.165, 1.54) is 24.3 Å². The SMILES string of the molecule is O=C(O)c1ccc2cccc([O-])c2n1.O=C(O)c1ccc2cccc([O-])c2n1.[Al+2][Cl]. The third kappa shape index (κ3) is 5.36. The first-order valence-electron chi connectivity index (χ1n) is 8.19. The predicted octanol–water partition coefficient (Wildman–Crippen LogP) is 2.32. The van der Waals surface area contributed by atoms with Crippen LogP contribution in [-0.2, 0) is 0 Å². The summed E-state index contributed by atoms with van der Waals surface area (Å²) in [6.45, 7) is 0. The van der Waals surface area contributed by atoms with Crippen molar-refractivity contribution >= 4 is 59.2 Å². The first kappa shape index (κ1) is 22.9. The summed E-state index contributed by atoms with van der Waals surface area (Å²) >= 11 is 1.89. The number of nitrogens with zero attached hydrogens (tertiary/aromatic N) is 2. The molecule has 0 saturated carbocycles. The van der Waals surface area contributed by atoms with Gasteiger partial charge in [-0.25, -0.2) is 19.6 Å². The normalized spacial score (nSPS) is 9.83. The second-order valence-corrected chi connectivity index (χ2v) is 5.66. The molecule has 0 aliphatic rings. The number of para-hydroxylation sites is 2. The number of carbonyl (C=O) groups is 2. The molecule has 0 atom stereocenters. The van der Waals surface area contributed by atoms with Gasteiger partial charge in [0.25, 0.3) is 0 Å². The Balaban J connectivity index is 0.000000197. The molecule has 4 rings (SSSR count). The third-order valence-corrected chi connectivity index (χ3v) is 3.80. The quantitative estimate of drug-likeness (QED) is 0.453. The Hall–Kier alpha value is -3.38. The van der Waals surface area contributed by atoms with Gasteiger partial charge in [0.15, 0.2) is 0 Å². The first-order chi connectivity index (χ1) is 14.4. The Bertz CT molecular complexity index is 1120. The molecule has 4 aromatic rings. The zero-order valence-corrected chi connectivity index (χ0v) is 17.1. The Morgan fingerprint density at radius 1 is 0.700 bits per heavy atom. The second-order valence-electron chi connectivity index (χ2n) is 5.66. The molecule has 0 fully saturated rings. The molecule has 8 nitrogen and oxygen atoms in total. The first-order valence-corrected chi connectivity index (χ1v) is 9.93. The van der Waals surface area contributed by atoms with Crippen LogP contribution in [0.3, 0.4) is 0 Å². The molecule has 0 bridgehead atoms. The van der Waals surface area contributed by atoms with Crippen LogP contribution in [0.25, 0.3) is 21.8 Å². The van der Waals surface area contributed by atoms with Crippen molar-refractivity contribution in [1.29, 1.82) is 0 Å². The van der Waals surface area contributed by atoms with E-state index in [4.69, 9.17) is 10.2 Å². The molecule has 2 heterocycles. The van der Waals surface area contributed by atoms with Gasteiger partial charge < -0.3 is 20.4 Å². The van der Waals surface area contributed by atoms with Crippen molar-refractivity contribution in [3.8, 4) is 11.5 Å². The van der Waals surface area contributed by atoms with Gasteiger partial charge in [-0.05, 0) is 22.9 Å². The van der Waals surface area contributed by atoms with Gasteiger partial charge in [-0.3, -0.25) is 0 Å². The molecule has 2 aromatic carbocycles. The van der Waals surface area contributed by atoms with Crippen LogP contribution in [0, 0.1) is 0 Å². The van der Waals surface area contributed by atoms with E-state index in [1.54, 1.807) is 36.4 Å². The molecule has 10 heteroatoms. The number of pyridine rings is 2. The van der Waals surface area contributed by atoms with Crippen molar-refractivity contribution in [1.82, 2.24) is 9.97 Å². The molecule has 0 radical (unpaired) electrons. The average Bonchev–Trinajstić information content (AvgIpc) is 2.75. The van der Waals surface area contributed by atoms with E-state index in [0.717, 1.165) is 0 Å². The van der Waals surface area contributed by atoms with Crippen molar-refractivity contribution in [3.05, 3.63) is 72.1 Å². The molecule has 0 spiro atoms. The summed E-state index contributed by atoms with van der Waals surface area (Å²) in [5.74, 6) is -2.78. The molecule has 0 saturated heterocycles. The number of aromatic carboxylic acids is 2. The van der Waals surface area contributed by atoms with Crippen LogP contribution in [0.2, 0.25) is 0 Å². The number of aromatic nitrogens is 2. The second kappa shape index (κ2) is 10.4. The summed E-state index contributed by atoms with van der Waals surface area (Å²) < 4.78 is 0. The summed E-state index contributed by atoms with van der Waals surface area (Å²) in [7, 11) is 4.56. The number of halogens is 1. The molecule has 2 aromatic heterocycles. The predicted molar refractivity (Wildman–Crippen MR) is 108 cm³/mol. The van der Waals surface area contributed by atoms with Crippen molar-refractivity contribution in [2.75, 3.05) is 0 Å². The van der Waals surface area contributed by atoms with Crippen molar-refractivity contribution in [2.45, 2.75) is 0 Å². The molecule has 0 aliphatic carbocycles. The number of hydrogen-bond acceptors (Lipinski definition) is 6. The van der Waals surface area contributed by atoms with Gasteiger partial charge in [-0.15, -0.1) is 0 Å². The van der Waals surface area contributed by atoms with Gasteiger partial charge in [0.05, 0.1) is 11.0 Å². The van der Waals surface area contributed by atoms with E-state index in [0.29, 0.717) is 10.8 Å². The van der Waals surface area contributed by atoms with E-state index in [2.05, 4.69) is 20.0 Å². The summed E-state index contributed by atoms with van der Waals surface area (Å²) in [6.07, 6.45) is 0. The fourth-order valence-electron chi connectivity index (χ4n) is 2.48. The Morgan fingerprint density at radius 2 is 1.07 bits per heavy atom. The van der Waals surface area contributed by atoms with Crippen LogP contribution < -0.4 is 10.2 Å². The average molecular weight is 439 g/mol. The van der Waals surface area contributed by atoms with Gasteiger partial charge in [0.2, 0.25) is 0 Å². The summed E-state index contributed by atoms with van der Waals surface area (Å²) in [5, 5.41) is 41.2. The third-order valence-electron chi connectivity index (χ3n) is 3.80. The minimum absolute atomic E-state index is 0.110. The van der Waals surface area contributed by atoms with E-state index in [-0.39, 0.29) is 33.9 Å². The number of rotatable bonds is 2. The topological polar surface area (TPSA) is 146 Å². The zero-order valence-electron chi connectivity index (χ0n) is 15.2. The fraction of sp³-hybridized carbons (Fsp3) is 0. The number of benzene rings is 2. The van der Waals surface area contributed by atoms with Gasteiger partial charge in [0.1, 0.15) is 11.4 Å².